The summed E-state index contributed by atoms with van der Waals surface area (Å²) in [5.74, 6) is -0.475. The number of para-hydroxylation sites is 2. The molecule has 0 aliphatic heterocycles. The standard InChI is InChI=1S/C15H12Cl2F3NO3S.CH4O3S/c1-9(11-7-6-10(16)8-12(11)17)21-13-4-2-3-5-14(13)24-25(22,23)15(18,19)20;1-5(2,3)4/h2-9,21H,1H3;1H3,(H,2,3,4). The van der Waals surface area contributed by atoms with E-state index in [2.05, 4.69) is 9.50 Å². The first-order valence-corrected chi connectivity index (χ1v) is 11.8. The zero-order chi connectivity index (χ0) is 23.3. The maximum Gasteiger partial charge on any atom is 0.534 e. The Balaban J connectivity index is 0.000000804. The van der Waals surface area contributed by atoms with E-state index in [4.69, 9.17) is 27.8 Å². The van der Waals surface area contributed by atoms with Crippen molar-refractivity contribution < 1.29 is 38.7 Å². The summed E-state index contributed by atoms with van der Waals surface area (Å²) in [5.41, 5.74) is -4.83. The van der Waals surface area contributed by atoms with E-state index >= 15 is 0 Å². The summed E-state index contributed by atoms with van der Waals surface area (Å²) in [4.78, 5) is 0. The third-order valence-electron chi connectivity index (χ3n) is 3.17. The average Bonchev–Trinajstić information content (AvgIpc) is 2.53. The summed E-state index contributed by atoms with van der Waals surface area (Å²) in [7, 11) is -9.44. The predicted octanol–water partition coefficient (Wildman–Crippen LogP) is 4.90. The van der Waals surface area contributed by atoms with Crippen molar-refractivity contribution in [3.05, 3.63) is 58.1 Å². The fourth-order valence-corrected chi connectivity index (χ4v) is 3.04. The van der Waals surface area contributed by atoms with Gasteiger partial charge in [-0.3, -0.25) is 4.55 Å². The highest BCUT2D eigenvalue weighted by molar-refractivity contribution is 7.88. The van der Waals surface area contributed by atoms with Gasteiger partial charge in [-0.2, -0.15) is 30.0 Å². The molecule has 1 atom stereocenters. The maximum absolute atomic E-state index is 12.5. The molecule has 0 aliphatic carbocycles. The van der Waals surface area contributed by atoms with E-state index in [9.17, 15) is 30.0 Å². The van der Waals surface area contributed by atoms with E-state index < -0.39 is 37.5 Å². The third kappa shape index (κ3) is 8.56. The fraction of sp³-hybridized carbons (Fsp3) is 0.250. The molecular formula is C16H16Cl2F3NO6S2. The van der Waals surface area contributed by atoms with Gasteiger partial charge in [0.1, 0.15) is 0 Å². The van der Waals surface area contributed by atoms with Crippen LogP contribution in [0.5, 0.6) is 5.75 Å². The lowest BCUT2D eigenvalue weighted by molar-refractivity contribution is -0.0499. The molecule has 0 saturated heterocycles. The predicted molar refractivity (Wildman–Crippen MR) is 108 cm³/mol. The molecule has 2 rings (SSSR count). The molecule has 2 aromatic carbocycles. The number of halogens is 5. The van der Waals surface area contributed by atoms with Crippen LogP contribution in [0.25, 0.3) is 0 Å². The van der Waals surface area contributed by atoms with Crippen LogP contribution in [0.15, 0.2) is 42.5 Å². The van der Waals surface area contributed by atoms with Crippen LogP contribution in [0.3, 0.4) is 0 Å². The summed E-state index contributed by atoms with van der Waals surface area (Å²) in [5, 5.41) is 3.66. The summed E-state index contributed by atoms with van der Waals surface area (Å²) in [6.07, 6.45) is 0.715. The monoisotopic (exact) mass is 509 g/mol. The van der Waals surface area contributed by atoms with Gasteiger partial charge in [-0.25, -0.2) is 0 Å². The summed E-state index contributed by atoms with van der Waals surface area (Å²) >= 11 is 11.9. The molecule has 0 fully saturated rings. The second-order valence-corrected chi connectivity index (χ2v) is 9.59. The molecule has 14 heteroatoms. The van der Waals surface area contributed by atoms with Crippen molar-refractivity contribution in [3.63, 3.8) is 0 Å². The van der Waals surface area contributed by atoms with Gasteiger partial charge in [0.15, 0.2) is 5.75 Å². The van der Waals surface area contributed by atoms with Crippen LogP contribution in [0.4, 0.5) is 18.9 Å². The Hall–Kier alpha value is -1.73. The second-order valence-electron chi connectivity index (χ2n) is 5.74. The fourth-order valence-electron chi connectivity index (χ4n) is 1.99. The van der Waals surface area contributed by atoms with Crippen molar-refractivity contribution in [2.75, 3.05) is 11.6 Å². The molecule has 0 heterocycles. The molecule has 0 aliphatic rings. The van der Waals surface area contributed by atoms with E-state index in [-0.39, 0.29) is 5.69 Å². The molecular weight excluding hydrogens is 494 g/mol. The van der Waals surface area contributed by atoms with Gasteiger partial charge in [-0.05, 0) is 36.8 Å². The minimum atomic E-state index is -5.77. The molecule has 0 aromatic heterocycles. The van der Waals surface area contributed by atoms with E-state index in [0.29, 0.717) is 21.9 Å². The van der Waals surface area contributed by atoms with E-state index in [1.165, 1.54) is 24.3 Å². The van der Waals surface area contributed by atoms with Crippen LogP contribution in [0.1, 0.15) is 18.5 Å². The zero-order valence-electron chi connectivity index (χ0n) is 15.3. The molecule has 30 heavy (non-hydrogen) atoms. The van der Waals surface area contributed by atoms with Crippen molar-refractivity contribution in [1.29, 1.82) is 0 Å². The Bertz CT molecular complexity index is 1080. The van der Waals surface area contributed by atoms with Crippen molar-refractivity contribution >= 4 is 49.1 Å². The van der Waals surface area contributed by atoms with Crippen LogP contribution in [-0.4, -0.2) is 33.2 Å². The first kappa shape index (κ1) is 26.3. The Morgan fingerprint density at radius 3 is 2.10 bits per heavy atom. The van der Waals surface area contributed by atoms with Crippen LogP contribution in [0.2, 0.25) is 10.0 Å². The van der Waals surface area contributed by atoms with Crippen LogP contribution in [-0.2, 0) is 20.2 Å². The van der Waals surface area contributed by atoms with E-state index in [0.717, 1.165) is 6.07 Å². The van der Waals surface area contributed by atoms with Crippen LogP contribution >= 0.6 is 23.2 Å². The van der Waals surface area contributed by atoms with Crippen molar-refractivity contribution in [2.24, 2.45) is 0 Å². The Kier molecular flexibility index (Phi) is 8.81. The smallest absolute Gasteiger partial charge is 0.375 e. The van der Waals surface area contributed by atoms with Crippen molar-refractivity contribution in [1.82, 2.24) is 0 Å². The number of hydrogen-bond acceptors (Lipinski definition) is 6. The molecule has 0 radical (unpaired) electrons. The lowest BCUT2D eigenvalue weighted by Gasteiger charge is -2.19. The van der Waals surface area contributed by atoms with Gasteiger partial charge < -0.3 is 9.50 Å². The van der Waals surface area contributed by atoms with Gasteiger partial charge in [0.2, 0.25) is 0 Å². The normalized spacial score (nSPS) is 13.1. The Morgan fingerprint density at radius 1 is 1.07 bits per heavy atom. The molecule has 0 amide bonds. The molecule has 168 valence electrons. The maximum atomic E-state index is 12.5. The average molecular weight is 510 g/mol. The lowest BCUT2D eigenvalue weighted by atomic mass is 10.1. The van der Waals surface area contributed by atoms with Gasteiger partial charge in [-0.15, -0.1) is 0 Å². The number of alkyl halides is 3. The molecule has 1 unspecified atom stereocenters. The molecule has 7 nitrogen and oxygen atoms in total. The first-order valence-electron chi connectivity index (χ1n) is 7.75. The van der Waals surface area contributed by atoms with Gasteiger partial charge in [0.05, 0.1) is 18.0 Å². The van der Waals surface area contributed by atoms with Gasteiger partial charge >= 0.3 is 15.6 Å². The molecule has 2 aromatic rings. The number of nitrogens with one attached hydrogen (secondary N) is 1. The Morgan fingerprint density at radius 2 is 1.60 bits per heavy atom. The topological polar surface area (TPSA) is 110 Å². The minimum Gasteiger partial charge on any atom is -0.375 e. The summed E-state index contributed by atoms with van der Waals surface area (Å²) in [6, 6.07) is 9.70. The quantitative estimate of drug-likeness (QED) is 0.335. The third-order valence-corrected chi connectivity index (χ3v) is 4.70. The molecule has 0 bridgehead atoms. The van der Waals surface area contributed by atoms with E-state index in [1.54, 1.807) is 19.1 Å². The zero-order valence-corrected chi connectivity index (χ0v) is 18.5. The van der Waals surface area contributed by atoms with Gasteiger partial charge in [0, 0.05) is 10.0 Å². The number of rotatable bonds is 5. The van der Waals surface area contributed by atoms with Gasteiger partial charge in [0.25, 0.3) is 10.1 Å². The summed E-state index contributed by atoms with van der Waals surface area (Å²) in [6.45, 7) is 1.70. The first-order chi connectivity index (χ1) is 13.5. The second kappa shape index (κ2) is 10.1. The molecule has 0 spiro atoms. The van der Waals surface area contributed by atoms with Crippen LogP contribution < -0.4 is 9.50 Å². The highest BCUT2D eigenvalue weighted by Gasteiger charge is 2.48. The Labute approximate surface area is 181 Å². The van der Waals surface area contributed by atoms with Crippen LogP contribution in [0, 0.1) is 0 Å². The van der Waals surface area contributed by atoms with Crippen molar-refractivity contribution in [2.45, 2.75) is 18.5 Å². The number of hydrogen-bond donors (Lipinski definition) is 2. The number of benzene rings is 2. The molecule has 0 saturated carbocycles. The highest BCUT2D eigenvalue weighted by Crippen LogP contribution is 2.34. The van der Waals surface area contributed by atoms with Crippen molar-refractivity contribution in [3.8, 4) is 5.75 Å². The minimum absolute atomic E-state index is 0.0637. The molecule has 2 N–H and O–H groups in total. The largest absolute Gasteiger partial charge is 0.534 e. The number of anilines is 1. The SMILES string of the molecule is CC(Nc1ccccc1OS(=O)(=O)C(F)(F)F)c1ccc(Cl)cc1Cl.CS(=O)(=O)O. The lowest BCUT2D eigenvalue weighted by Crippen LogP contribution is -2.28. The van der Waals surface area contributed by atoms with Gasteiger partial charge in [-0.1, -0.05) is 41.4 Å². The van der Waals surface area contributed by atoms with E-state index in [1.807, 2.05) is 0 Å². The highest BCUT2D eigenvalue weighted by atomic mass is 35.5. The summed E-state index contributed by atoms with van der Waals surface area (Å²) < 4.78 is 90.0.